The Labute approximate surface area is 105 Å². The Kier molecular flexibility index (Phi) is 3.73. The van der Waals surface area contributed by atoms with Gasteiger partial charge in [-0.2, -0.15) is 0 Å². The summed E-state index contributed by atoms with van der Waals surface area (Å²) in [5.41, 5.74) is 8.25. The second-order valence-electron chi connectivity index (χ2n) is 3.47. The van der Waals surface area contributed by atoms with Gasteiger partial charge < -0.3 is 5.73 Å². The second kappa shape index (κ2) is 5.46. The molecule has 0 aliphatic heterocycles. The van der Waals surface area contributed by atoms with Gasteiger partial charge in [0, 0.05) is 11.8 Å². The summed E-state index contributed by atoms with van der Waals surface area (Å²) in [6.45, 7) is 0. The lowest BCUT2D eigenvalue weighted by atomic mass is 10.1. The first-order chi connectivity index (χ1) is 8.31. The topological polar surface area (TPSA) is 51.3 Å². The van der Waals surface area contributed by atoms with Crippen LogP contribution >= 0.6 is 11.6 Å². The molecule has 0 fully saturated rings. The van der Waals surface area contributed by atoms with Crippen molar-refractivity contribution in [1.29, 1.82) is 0 Å². The molecule has 0 unspecified atom stereocenters. The molecule has 0 saturated carbocycles. The lowest BCUT2D eigenvalue weighted by molar-refractivity contribution is 1.32. The highest BCUT2D eigenvalue weighted by molar-refractivity contribution is 6.28. The van der Waals surface area contributed by atoms with E-state index < -0.39 is 0 Å². The molecule has 0 amide bonds. The zero-order valence-corrected chi connectivity index (χ0v) is 9.93. The van der Waals surface area contributed by atoms with Crippen LogP contribution in [0.4, 0.5) is 5.69 Å². The Morgan fingerprint density at radius 2 is 1.94 bits per heavy atom. The van der Waals surface area contributed by atoms with Crippen LogP contribution in [0, 0.1) is 0 Å². The molecular formula is C13H12ClN3. The molecule has 0 aliphatic carbocycles. The number of aliphatic imine (C=N–C) groups is 1. The standard InChI is InChI=1S/C13H12ClN3/c14-9-13(15)17-12-7-2-1-5-10(12)11-6-3-4-8-16-11/h1-8H,9H2,(H2,15,17). The van der Waals surface area contributed by atoms with E-state index in [0.717, 1.165) is 16.9 Å². The van der Waals surface area contributed by atoms with Gasteiger partial charge in [-0.3, -0.25) is 4.98 Å². The lowest BCUT2D eigenvalue weighted by Crippen LogP contribution is -2.12. The van der Waals surface area contributed by atoms with Gasteiger partial charge in [-0.05, 0) is 18.2 Å². The summed E-state index contributed by atoms with van der Waals surface area (Å²) in [5, 5.41) is 0. The third-order valence-electron chi connectivity index (χ3n) is 2.25. The molecule has 1 aromatic carbocycles. The minimum absolute atomic E-state index is 0.219. The first-order valence-electron chi connectivity index (χ1n) is 5.20. The largest absolute Gasteiger partial charge is 0.386 e. The first-order valence-corrected chi connectivity index (χ1v) is 5.74. The number of nitrogens with zero attached hydrogens (tertiary/aromatic N) is 2. The van der Waals surface area contributed by atoms with Crippen LogP contribution in [0.2, 0.25) is 0 Å². The highest BCUT2D eigenvalue weighted by Crippen LogP contribution is 2.28. The number of amidine groups is 1. The van der Waals surface area contributed by atoms with Gasteiger partial charge in [0.05, 0.1) is 17.3 Å². The Morgan fingerprint density at radius 3 is 2.65 bits per heavy atom. The number of benzene rings is 1. The number of rotatable bonds is 3. The summed E-state index contributed by atoms with van der Waals surface area (Å²) in [7, 11) is 0. The molecule has 0 spiro atoms. The Hall–Kier alpha value is -1.87. The predicted molar refractivity (Wildman–Crippen MR) is 71.7 cm³/mol. The molecule has 0 bridgehead atoms. The maximum Gasteiger partial charge on any atom is 0.115 e. The van der Waals surface area contributed by atoms with Crippen molar-refractivity contribution >= 4 is 23.1 Å². The molecule has 86 valence electrons. The molecule has 0 radical (unpaired) electrons. The van der Waals surface area contributed by atoms with Crippen LogP contribution in [0.1, 0.15) is 0 Å². The fourth-order valence-corrected chi connectivity index (χ4v) is 1.55. The Balaban J connectivity index is 2.49. The van der Waals surface area contributed by atoms with Gasteiger partial charge in [0.1, 0.15) is 5.84 Å². The maximum absolute atomic E-state index is 5.65. The van der Waals surface area contributed by atoms with Crippen molar-refractivity contribution in [3.63, 3.8) is 0 Å². The van der Waals surface area contributed by atoms with Gasteiger partial charge in [-0.15, -0.1) is 11.6 Å². The lowest BCUT2D eigenvalue weighted by Gasteiger charge is -2.05. The van der Waals surface area contributed by atoms with E-state index in [1.165, 1.54) is 0 Å². The van der Waals surface area contributed by atoms with E-state index in [4.69, 9.17) is 17.3 Å². The Bertz CT molecular complexity index is 523. The number of halogens is 1. The van der Waals surface area contributed by atoms with Gasteiger partial charge >= 0.3 is 0 Å². The molecule has 3 nitrogen and oxygen atoms in total. The predicted octanol–water partition coefficient (Wildman–Crippen LogP) is 2.98. The van der Waals surface area contributed by atoms with E-state index in [1.807, 2.05) is 42.5 Å². The minimum Gasteiger partial charge on any atom is -0.386 e. The van der Waals surface area contributed by atoms with Crippen molar-refractivity contribution < 1.29 is 0 Å². The second-order valence-corrected chi connectivity index (χ2v) is 3.74. The molecule has 0 atom stereocenters. The van der Waals surface area contributed by atoms with E-state index in [1.54, 1.807) is 6.20 Å². The van der Waals surface area contributed by atoms with E-state index in [9.17, 15) is 0 Å². The molecule has 1 heterocycles. The minimum atomic E-state index is 0.219. The molecule has 4 heteroatoms. The highest BCUT2D eigenvalue weighted by atomic mass is 35.5. The molecule has 0 saturated heterocycles. The summed E-state index contributed by atoms with van der Waals surface area (Å²) in [6, 6.07) is 13.5. The molecular weight excluding hydrogens is 234 g/mol. The smallest absolute Gasteiger partial charge is 0.115 e. The Morgan fingerprint density at radius 1 is 1.18 bits per heavy atom. The third-order valence-corrected chi connectivity index (χ3v) is 2.52. The van der Waals surface area contributed by atoms with Crippen LogP contribution in [0.3, 0.4) is 0 Å². The monoisotopic (exact) mass is 245 g/mol. The maximum atomic E-state index is 5.65. The number of hydrogen-bond acceptors (Lipinski definition) is 2. The zero-order chi connectivity index (χ0) is 12.1. The summed E-state index contributed by atoms with van der Waals surface area (Å²) in [5.74, 6) is 0.617. The summed E-state index contributed by atoms with van der Waals surface area (Å²) in [6.07, 6.45) is 1.75. The van der Waals surface area contributed by atoms with E-state index in [2.05, 4.69) is 9.98 Å². The normalized spacial score (nSPS) is 11.5. The first kappa shape index (κ1) is 11.6. The third kappa shape index (κ3) is 2.82. The summed E-state index contributed by atoms with van der Waals surface area (Å²) >= 11 is 5.63. The van der Waals surface area contributed by atoms with Crippen LogP contribution in [0.5, 0.6) is 0 Å². The fraction of sp³-hybridized carbons (Fsp3) is 0.0769. The van der Waals surface area contributed by atoms with Crippen molar-refractivity contribution in [2.75, 3.05) is 5.88 Å². The average Bonchev–Trinajstić information content (AvgIpc) is 2.40. The fourth-order valence-electron chi connectivity index (χ4n) is 1.49. The van der Waals surface area contributed by atoms with Gasteiger partial charge in [0.2, 0.25) is 0 Å². The van der Waals surface area contributed by atoms with E-state index >= 15 is 0 Å². The van der Waals surface area contributed by atoms with Gasteiger partial charge in [0.15, 0.2) is 0 Å². The van der Waals surface area contributed by atoms with Crippen LogP contribution < -0.4 is 5.73 Å². The van der Waals surface area contributed by atoms with Crippen molar-refractivity contribution in [3.05, 3.63) is 48.7 Å². The number of hydrogen-bond donors (Lipinski definition) is 1. The number of alkyl halides is 1. The van der Waals surface area contributed by atoms with Crippen molar-refractivity contribution in [3.8, 4) is 11.3 Å². The van der Waals surface area contributed by atoms with Crippen LogP contribution in [-0.4, -0.2) is 16.7 Å². The molecule has 2 N–H and O–H groups in total. The van der Waals surface area contributed by atoms with Crippen molar-refractivity contribution in [2.45, 2.75) is 0 Å². The van der Waals surface area contributed by atoms with E-state index in [-0.39, 0.29) is 5.88 Å². The average molecular weight is 246 g/mol. The summed E-state index contributed by atoms with van der Waals surface area (Å²) < 4.78 is 0. The molecule has 2 aromatic rings. The van der Waals surface area contributed by atoms with Crippen LogP contribution in [0.15, 0.2) is 53.7 Å². The van der Waals surface area contributed by atoms with Crippen molar-refractivity contribution in [2.24, 2.45) is 10.7 Å². The highest BCUT2D eigenvalue weighted by Gasteiger charge is 2.04. The molecule has 2 rings (SSSR count). The van der Waals surface area contributed by atoms with Crippen LogP contribution in [0.25, 0.3) is 11.3 Å². The van der Waals surface area contributed by atoms with E-state index in [0.29, 0.717) is 5.84 Å². The van der Waals surface area contributed by atoms with Gasteiger partial charge in [-0.25, -0.2) is 4.99 Å². The number of aromatic nitrogens is 1. The molecule has 17 heavy (non-hydrogen) atoms. The molecule has 0 aliphatic rings. The SMILES string of the molecule is NC(CCl)=Nc1ccccc1-c1ccccn1. The van der Waals surface area contributed by atoms with Crippen LogP contribution in [-0.2, 0) is 0 Å². The molecule has 1 aromatic heterocycles. The van der Waals surface area contributed by atoms with Crippen molar-refractivity contribution in [1.82, 2.24) is 4.98 Å². The van der Waals surface area contributed by atoms with Gasteiger partial charge in [0.25, 0.3) is 0 Å². The number of nitrogens with two attached hydrogens (primary N) is 1. The summed E-state index contributed by atoms with van der Waals surface area (Å²) in [4.78, 5) is 8.58. The zero-order valence-electron chi connectivity index (χ0n) is 9.18. The van der Waals surface area contributed by atoms with Gasteiger partial charge in [-0.1, -0.05) is 24.3 Å². The quantitative estimate of drug-likeness (QED) is 0.514. The number of pyridine rings is 1. The number of para-hydroxylation sites is 1.